The van der Waals surface area contributed by atoms with Crippen LogP contribution in [-0.2, 0) is 14.2 Å². The first-order chi connectivity index (χ1) is 3.41. The van der Waals surface area contributed by atoms with Crippen LogP contribution in [0.3, 0.4) is 0 Å². The molecule has 0 aliphatic rings. The summed E-state index contributed by atoms with van der Waals surface area (Å²) in [6.07, 6.45) is 0.250. The average Bonchev–Trinajstić information content (AvgIpc) is 1.27. The molecular weight excluding hydrogens is 139 g/mol. The lowest BCUT2D eigenvalue weighted by atomic mass is 11.8. The average molecular weight is 142 g/mol. The van der Waals surface area contributed by atoms with Gasteiger partial charge >= 0.3 is 14.0 Å². The van der Waals surface area contributed by atoms with Gasteiger partial charge in [-0.05, 0) is 0 Å². The van der Waals surface area contributed by atoms with Crippen LogP contribution in [0.5, 0.6) is 0 Å². The van der Waals surface area contributed by atoms with Crippen LogP contribution in [0.2, 0.25) is 0 Å². The lowest BCUT2D eigenvalue weighted by Gasteiger charge is -1.82. The monoisotopic (exact) mass is 142 g/mol. The highest BCUT2D eigenvalue weighted by molar-refractivity contribution is 7.45. The summed E-state index contributed by atoms with van der Waals surface area (Å²) in [5, 5.41) is 0. The first-order valence-corrected chi connectivity index (χ1v) is 2.76. The van der Waals surface area contributed by atoms with Crippen molar-refractivity contribution in [2.75, 3.05) is 0 Å². The molecule has 0 unspecified atom stereocenters. The molecule has 6 nitrogen and oxygen atoms in total. The zero-order valence-electron chi connectivity index (χ0n) is 3.51. The molecule has 0 bridgehead atoms. The number of carbonyl (C=O) groups excluding carboxylic acids is 2. The Balaban J connectivity index is 0. The molecule has 0 aromatic heterocycles. The van der Waals surface area contributed by atoms with Gasteiger partial charge in [0.2, 0.25) is 0 Å². The molecule has 0 saturated carbocycles. The van der Waals surface area contributed by atoms with Crippen molar-refractivity contribution in [2.24, 2.45) is 0 Å². The van der Waals surface area contributed by atoms with Gasteiger partial charge in [0.05, 0.1) is 0 Å². The Morgan fingerprint density at radius 1 is 1.12 bits per heavy atom. The van der Waals surface area contributed by atoms with E-state index in [0.29, 0.717) is 0 Å². The quantitative estimate of drug-likeness (QED) is 0.354. The second kappa shape index (κ2) is 4.64. The first-order valence-electron chi connectivity index (χ1n) is 1.19. The molecule has 0 fully saturated rings. The van der Waals surface area contributed by atoms with E-state index < -0.39 is 7.82 Å². The Kier molecular flexibility index (Phi) is 6.08. The Morgan fingerprint density at radius 3 is 1.12 bits per heavy atom. The summed E-state index contributed by atoms with van der Waals surface area (Å²) in [6, 6.07) is 0. The van der Waals surface area contributed by atoms with E-state index in [1.165, 1.54) is 0 Å². The number of rotatable bonds is 0. The molecule has 0 aromatic rings. The van der Waals surface area contributed by atoms with Crippen molar-refractivity contribution >= 4 is 14.0 Å². The highest BCUT2D eigenvalue weighted by atomic mass is 31.2. The summed E-state index contributed by atoms with van der Waals surface area (Å²) in [7, 11) is -4.64. The van der Waals surface area contributed by atoms with Crippen LogP contribution in [0.15, 0.2) is 0 Å². The van der Waals surface area contributed by atoms with Gasteiger partial charge in [-0.2, -0.15) is 9.59 Å². The van der Waals surface area contributed by atoms with Gasteiger partial charge in [-0.3, -0.25) is 0 Å². The van der Waals surface area contributed by atoms with Gasteiger partial charge in [-0.15, -0.1) is 0 Å². The van der Waals surface area contributed by atoms with E-state index in [0.717, 1.165) is 0 Å². The third-order valence-corrected chi connectivity index (χ3v) is 0. The van der Waals surface area contributed by atoms with E-state index in [1.54, 1.807) is 0 Å². The highest BCUT2D eigenvalue weighted by Gasteiger charge is 2.00. The summed E-state index contributed by atoms with van der Waals surface area (Å²) >= 11 is 0. The zero-order chi connectivity index (χ0) is 7.21. The zero-order valence-corrected chi connectivity index (χ0v) is 4.41. The Labute approximate surface area is 44.0 Å². The largest absolute Gasteiger partial charge is 0.466 e. The Morgan fingerprint density at radius 2 is 1.12 bits per heavy atom. The topological polar surface area (TPSA) is 112 Å². The van der Waals surface area contributed by atoms with E-state index in [2.05, 4.69) is 0 Å². The standard InChI is InChI=1S/CO2.H3O4P/c2-1-3;1-5(2,3)4/h;(H3,1,2,3,4). The Hall–Kier alpha value is -0.510. The van der Waals surface area contributed by atoms with Crippen LogP contribution in [0.25, 0.3) is 0 Å². The molecule has 0 amide bonds. The molecule has 0 heterocycles. The summed E-state index contributed by atoms with van der Waals surface area (Å²) in [4.78, 5) is 37.8. The van der Waals surface area contributed by atoms with Gasteiger partial charge in [0, 0.05) is 0 Å². The molecule has 0 aliphatic carbocycles. The second-order valence-corrected chi connectivity index (χ2v) is 1.62. The van der Waals surface area contributed by atoms with Crippen LogP contribution in [0.4, 0.5) is 0 Å². The summed E-state index contributed by atoms with van der Waals surface area (Å²) in [5.41, 5.74) is 0. The van der Waals surface area contributed by atoms with Crippen LogP contribution in [0, 0.1) is 0 Å². The molecule has 3 N–H and O–H groups in total. The molecule has 7 heteroatoms. The van der Waals surface area contributed by atoms with Crippen LogP contribution < -0.4 is 0 Å². The van der Waals surface area contributed by atoms with Gasteiger partial charge < -0.3 is 14.7 Å². The number of hydrogen-bond donors (Lipinski definition) is 3. The third-order valence-electron chi connectivity index (χ3n) is 0. The fraction of sp³-hybridized carbons (Fsp3) is 0. The van der Waals surface area contributed by atoms with E-state index in [4.69, 9.17) is 28.8 Å². The molecule has 8 heavy (non-hydrogen) atoms. The molecule has 0 atom stereocenters. The fourth-order valence-electron chi connectivity index (χ4n) is 0. The fourth-order valence-corrected chi connectivity index (χ4v) is 0. The molecule has 48 valence electrons. The maximum absolute atomic E-state index is 8.88. The minimum atomic E-state index is -4.64. The smallest absolute Gasteiger partial charge is 0.303 e. The van der Waals surface area contributed by atoms with E-state index in [9.17, 15) is 0 Å². The van der Waals surface area contributed by atoms with Crippen LogP contribution in [0.1, 0.15) is 0 Å². The Bertz CT molecular complexity index is 106. The van der Waals surface area contributed by atoms with E-state index >= 15 is 0 Å². The molecule has 0 radical (unpaired) electrons. The molecule has 0 rings (SSSR count). The minimum absolute atomic E-state index is 0.250. The third kappa shape index (κ3) is 426. The van der Waals surface area contributed by atoms with Gasteiger partial charge in [0.1, 0.15) is 0 Å². The van der Waals surface area contributed by atoms with Crippen LogP contribution >= 0.6 is 7.82 Å². The van der Waals surface area contributed by atoms with Crippen molar-refractivity contribution < 1.29 is 28.8 Å². The summed E-state index contributed by atoms with van der Waals surface area (Å²) in [5.74, 6) is 0. The maximum Gasteiger partial charge on any atom is 0.466 e. The van der Waals surface area contributed by atoms with Gasteiger partial charge in [0.25, 0.3) is 0 Å². The molecule has 0 saturated heterocycles. The summed E-state index contributed by atoms with van der Waals surface area (Å²) < 4.78 is 8.88. The molecule has 0 spiro atoms. The second-order valence-electron chi connectivity index (χ2n) is 0.597. The predicted molar refractivity (Wildman–Crippen MR) is 19.3 cm³/mol. The van der Waals surface area contributed by atoms with Crippen molar-refractivity contribution in [3.63, 3.8) is 0 Å². The van der Waals surface area contributed by atoms with Crippen LogP contribution in [-0.4, -0.2) is 20.8 Å². The van der Waals surface area contributed by atoms with Gasteiger partial charge in [-0.1, -0.05) is 0 Å². The van der Waals surface area contributed by atoms with Crippen molar-refractivity contribution in [2.45, 2.75) is 0 Å². The maximum atomic E-state index is 8.88. The molecule has 0 aliphatic heterocycles. The van der Waals surface area contributed by atoms with E-state index in [1.807, 2.05) is 0 Å². The molecular formula is CH3O6P. The summed E-state index contributed by atoms with van der Waals surface area (Å²) in [6.45, 7) is 0. The first kappa shape index (κ1) is 10.5. The number of hydrogen-bond acceptors (Lipinski definition) is 3. The number of phosphoric acid groups is 1. The molecule has 0 aromatic carbocycles. The highest BCUT2D eigenvalue weighted by Crippen LogP contribution is 2.25. The normalized spacial score (nSPS) is 8.38. The van der Waals surface area contributed by atoms with Crippen molar-refractivity contribution in [1.29, 1.82) is 0 Å². The SMILES string of the molecule is O=C=O.O=P(O)(O)O. The van der Waals surface area contributed by atoms with Crippen molar-refractivity contribution in [3.8, 4) is 0 Å². The van der Waals surface area contributed by atoms with E-state index in [-0.39, 0.29) is 6.15 Å². The van der Waals surface area contributed by atoms with Crippen molar-refractivity contribution in [3.05, 3.63) is 0 Å². The van der Waals surface area contributed by atoms with Gasteiger partial charge in [-0.25, -0.2) is 4.57 Å². The minimum Gasteiger partial charge on any atom is -0.303 e. The van der Waals surface area contributed by atoms with Crippen molar-refractivity contribution in [1.82, 2.24) is 0 Å². The lowest BCUT2D eigenvalue weighted by Crippen LogP contribution is -1.66. The lowest BCUT2D eigenvalue weighted by molar-refractivity contribution is -0.191. The van der Waals surface area contributed by atoms with Gasteiger partial charge in [0.15, 0.2) is 0 Å². The predicted octanol–water partition coefficient (Wildman–Crippen LogP) is -1.51.